The molecular formula is C17H31ClN8O2. The summed E-state index contributed by atoms with van der Waals surface area (Å²) in [4.78, 5) is 25.1. The van der Waals surface area contributed by atoms with E-state index in [4.69, 9.17) is 23.2 Å². The molecule has 0 unspecified atom stereocenters. The fourth-order valence-electron chi connectivity index (χ4n) is 2.79. The first-order valence-electron chi connectivity index (χ1n) is 8.77. The summed E-state index contributed by atoms with van der Waals surface area (Å²) in [5, 5.41) is 12.9. The minimum absolute atomic E-state index is 0.0325. The zero-order valence-electron chi connectivity index (χ0n) is 17.0. The van der Waals surface area contributed by atoms with Gasteiger partial charge in [0.2, 0.25) is 0 Å². The van der Waals surface area contributed by atoms with E-state index in [0.717, 1.165) is 19.3 Å². The molecule has 1 aromatic rings. The van der Waals surface area contributed by atoms with E-state index < -0.39 is 17.0 Å². The van der Waals surface area contributed by atoms with Crippen molar-refractivity contribution in [2.24, 2.45) is 21.7 Å². The van der Waals surface area contributed by atoms with Crippen molar-refractivity contribution in [1.82, 2.24) is 15.2 Å². The number of carbonyl (C=O) groups excluding carboxylic acids is 1. The lowest BCUT2D eigenvalue weighted by Crippen LogP contribution is -2.47. The van der Waals surface area contributed by atoms with Gasteiger partial charge in [-0.1, -0.05) is 37.4 Å². The average molecular weight is 415 g/mol. The van der Waals surface area contributed by atoms with Gasteiger partial charge in [-0.25, -0.2) is 0 Å². The molecule has 0 atom stereocenters. The molecule has 1 fully saturated rings. The summed E-state index contributed by atoms with van der Waals surface area (Å²) in [6, 6.07) is 0. The Balaban J connectivity index is 0.00000108. The van der Waals surface area contributed by atoms with Crippen molar-refractivity contribution in [2.45, 2.75) is 44.6 Å². The maximum Gasteiger partial charge on any atom is 0.292 e. The van der Waals surface area contributed by atoms with Gasteiger partial charge in [0.05, 0.1) is 10.6 Å². The number of rotatable bonds is 3. The zero-order chi connectivity index (χ0) is 21.9. The number of nitrogens with two attached hydrogens (primary N) is 3. The Bertz CT molecular complexity index is 750. The van der Waals surface area contributed by atoms with Crippen LogP contribution < -0.4 is 28.2 Å². The molecule has 11 heteroatoms. The summed E-state index contributed by atoms with van der Waals surface area (Å²) in [7, 11) is 4.78. The molecule has 158 valence electrons. The maximum absolute atomic E-state index is 12.4. The molecule has 0 bridgehead atoms. The molecule has 28 heavy (non-hydrogen) atoms. The van der Waals surface area contributed by atoms with Gasteiger partial charge in [-0.15, -0.1) is 9.89 Å². The Labute approximate surface area is 170 Å². The summed E-state index contributed by atoms with van der Waals surface area (Å²) in [5.41, 5.74) is 9.91. The van der Waals surface area contributed by atoms with Gasteiger partial charge in [0, 0.05) is 25.3 Å². The van der Waals surface area contributed by atoms with Crippen molar-refractivity contribution in [3.63, 3.8) is 0 Å². The normalized spacial score (nSPS) is 15.0. The van der Waals surface area contributed by atoms with Gasteiger partial charge in [0.25, 0.3) is 11.5 Å². The number of nitrogens with zero attached hydrogens (tertiary/aromatic N) is 4. The Hall–Kier alpha value is -2.30. The molecular weight excluding hydrogens is 384 g/mol. The predicted molar refractivity (Wildman–Crippen MR) is 112 cm³/mol. The Morgan fingerprint density at radius 3 is 2.18 bits per heavy atom. The molecule has 0 radical (unpaired) electrons. The Morgan fingerprint density at radius 2 is 1.75 bits per heavy atom. The van der Waals surface area contributed by atoms with Gasteiger partial charge in [-0.05, 0) is 26.8 Å². The van der Waals surface area contributed by atoms with Crippen LogP contribution in [0, 0.1) is 0 Å². The first kappa shape index (κ1) is 25.7. The van der Waals surface area contributed by atoms with E-state index in [1.54, 1.807) is 21.0 Å². The monoisotopic (exact) mass is 414 g/mol. The highest BCUT2D eigenvalue weighted by Gasteiger charge is 2.36. The molecule has 10 nitrogen and oxygen atoms in total. The van der Waals surface area contributed by atoms with Crippen molar-refractivity contribution in [3.05, 3.63) is 38.9 Å². The van der Waals surface area contributed by atoms with Crippen molar-refractivity contribution in [3.8, 4) is 0 Å². The highest BCUT2D eigenvalue weighted by molar-refractivity contribution is 6.34. The molecule has 1 amide bonds. The standard InChI is InChI=1S/C14H20ClN5O2.C2H6N2.CH5N/c1-8(2)18-12(21)11-10(15)9(13(22)20(17)19-11)14(16)6-4-3-5-7-14;1-3-4-2;1-2/h1,3-7,16-17H2,2H3,(H,18,21);1-2H3;2H2,1H3. The third kappa shape index (κ3) is 6.70. The van der Waals surface area contributed by atoms with E-state index in [2.05, 4.69) is 33.0 Å². The molecule has 0 aliphatic heterocycles. The first-order valence-corrected chi connectivity index (χ1v) is 9.15. The highest BCUT2D eigenvalue weighted by atomic mass is 35.5. The van der Waals surface area contributed by atoms with Crippen LogP contribution in [-0.2, 0) is 5.54 Å². The van der Waals surface area contributed by atoms with Crippen LogP contribution in [0.2, 0.25) is 5.02 Å². The summed E-state index contributed by atoms with van der Waals surface area (Å²) < 4.78 is 0. The Morgan fingerprint density at radius 1 is 1.25 bits per heavy atom. The lowest BCUT2D eigenvalue weighted by Gasteiger charge is -2.34. The van der Waals surface area contributed by atoms with Crippen molar-refractivity contribution < 1.29 is 4.79 Å². The second-order valence-corrected chi connectivity index (χ2v) is 6.52. The largest absolute Gasteiger partial charge is 0.333 e. The van der Waals surface area contributed by atoms with Crippen LogP contribution in [0.15, 0.2) is 27.3 Å². The molecule has 1 aliphatic carbocycles. The smallest absolute Gasteiger partial charge is 0.292 e. The topological polar surface area (TPSA) is 167 Å². The lowest BCUT2D eigenvalue weighted by atomic mass is 9.78. The number of aromatic nitrogens is 2. The van der Waals surface area contributed by atoms with Crippen LogP contribution in [0.4, 0.5) is 0 Å². The second-order valence-electron chi connectivity index (χ2n) is 6.14. The Kier molecular flexibility index (Phi) is 11.2. The summed E-state index contributed by atoms with van der Waals surface area (Å²) in [5.74, 6) is 5.03. The minimum Gasteiger partial charge on any atom is -0.333 e. The molecule has 0 saturated heterocycles. The van der Waals surface area contributed by atoms with Crippen molar-refractivity contribution in [1.29, 1.82) is 0 Å². The predicted octanol–water partition coefficient (Wildman–Crippen LogP) is 1.27. The minimum atomic E-state index is -0.880. The van der Waals surface area contributed by atoms with E-state index >= 15 is 0 Å². The third-order valence-electron chi connectivity index (χ3n) is 4.04. The van der Waals surface area contributed by atoms with Gasteiger partial charge in [0.15, 0.2) is 5.69 Å². The van der Waals surface area contributed by atoms with Crippen LogP contribution in [0.5, 0.6) is 0 Å². The van der Waals surface area contributed by atoms with E-state index in [9.17, 15) is 9.59 Å². The number of carbonyl (C=O) groups is 1. The van der Waals surface area contributed by atoms with Crippen LogP contribution in [0.1, 0.15) is 55.1 Å². The van der Waals surface area contributed by atoms with Gasteiger partial charge >= 0.3 is 0 Å². The van der Waals surface area contributed by atoms with Crippen molar-refractivity contribution >= 4 is 17.5 Å². The molecule has 1 aromatic heterocycles. The van der Waals surface area contributed by atoms with Gasteiger partial charge in [-0.2, -0.15) is 10.2 Å². The quantitative estimate of drug-likeness (QED) is 0.429. The first-order chi connectivity index (χ1) is 13.2. The van der Waals surface area contributed by atoms with Crippen LogP contribution in [0.3, 0.4) is 0 Å². The molecule has 0 spiro atoms. The average Bonchev–Trinajstić information content (AvgIpc) is 2.66. The number of halogens is 1. The molecule has 1 saturated carbocycles. The maximum atomic E-state index is 12.4. The van der Waals surface area contributed by atoms with E-state index in [1.807, 2.05) is 0 Å². The molecule has 0 aromatic carbocycles. The molecule has 7 N–H and O–H groups in total. The molecule has 1 aliphatic rings. The second kappa shape index (κ2) is 12.2. The number of amides is 1. The van der Waals surface area contributed by atoms with E-state index in [0.29, 0.717) is 23.3 Å². The number of nitrogens with one attached hydrogen (secondary N) is 1. The SMILES string of the molecule is C=C(C)NC(=O)c1nn(N)c(=O)c(C2(N)CCCCC2)c1Cl.CN.CN=NC. The summed E-state index contributed by atoms with van der Waals surface area (Å²) in [6.45, 7) is 5.21. The van der Waals surface area contributed by atoms with Gasteiger partial charge < -0.3 is 22.6 Å². The van der Waals surface area contributed by atoms with Gasteiger partial charge in [-0.3, -0.25) is 9.59 Å². The summed E-state index contributed by atoms with van der Waals surface area (Å²) >= 11 is 6.29. The van der Waals surface area contributed by atoms with Gasteiger partial charge in [0.1, 0.15) is 0 Å². The number of nitrogen functional groups attached to an aromatic ring is 1. The zero-order valence-corrected chi connectivity index (χ0v) is 17.7. The third-order valence-corrected chi connectivity index (χ3v) is 4.41. The molecule has 1 heterocycles. The van der Waals surface area contributed by atoms with E-state index in [1.165, 1.54) is 7.05 Å². The number of hydrogen-bond acceptors (Lipinski definition) is 8. The van der Waals surface area contributed by atoms with Crippen LogP contribution in [-0.4, -0.2) is 36.9 Å². The van der Waals surface area contributed by atoms with Crippen molar-refractivity contribution in [2.75, 3.05) is 27.0 Å². The number of azo groups is 1. The number of allylic oxidation sites excluding steroid dienone is 1. The van der Waals surface area contributed by atoms with E-state index in [-0.39, 0.29) is 16.3 Å². The molecule has 2 rings (SSSR count). The highest BCUT2D eigenvalue weighted by Crippen LogP contribution is 2.36. The number of hydrogen-bond donors (Lipinski definition) is 4. The van der Waals surface area contributed by atoms with Crippen LogP contribution in [0.25, 0.3) is 0 Å². The lowest BCUT2D eigenvalue weighted by molar-refractivity contribution is 0.0959. The fourth-order valence-corrected chi connectivity index (χ4v) is 3.18. The van der Waals surface area contributed by atoms with Crippen LogP contribution >= 0.6 is 11.6 Å². The fraction of sp³-hybridized carbons (Fsp3) is 0.588. The summed E-state index contributed by atoms with van der Waals surface area (Å²) in [6.07, 6.45) is 4.08.